The molecule has 0 saturated heterocycles. The summed E-state index contributed by atoms with van der Waals surface area (Å²) in [5.41, 5.74) is 2.32. The van der Waals surface area contributed by atoms with Gasteiger partial charge in [0.1, 0.15) is 6.10 Å². The second-order valence-electron chi connectivity index (χ2n) is 13.1. The van der Waals surface area contributed by atoms with Gasteiger partial charge in [-0.25, -0.2) is 0 Å². The van der Waals surface area contributed by atoms with Gasteiger partial charge in [-0.3, -0.25) is 4.79 Å². The maximum absolute atomic E-state index is 12.6. The first-order chi connectivity index (χ1) is 16.2. The zero-order valence-corrected chi connectivity index (χ0v) is 22.8. The summed E-state index contributed by atoms with van der Waals surface area (Å²) in [6, 6.07) is 0. The van der Waals surface area contributed by atoms with E-state index in [9.17, 15) is 9.90 Å². The van der Waals surface area contributed by atoms with Crippen LogP contribution in [0.15, 0.2) is 11.6 Å². The fourth-order valence-electron chi connectivity index (χ4n) is 9.31. The third-order valence-corrected chi connectivity index (χ3v) is 11.2. The minimum absolute atomic E-state index is 0.0273. The highest BCUT2D eigenvalue weighted by molar-refractivity contribution is 5.69. The topological polar surface area (TPSA) is 46.5 Å². The number of aliphatic hydroxyl groups is 1. The molecule has 1 N–H and O–H groups in total. The Bertz CT molecular complexity index is 737. The average molecular weight is 473 g/mol. The molecule has 1 unspecified atom stereocenters. The van der Waals surface area contributed by atoms with Crippen molar-refractivity contribution in [2.75, 3.05) is 0 Å². The molecule has 0 bridgehead atoms. The maximum atomic E-state index is 12.6. The predicted molar refractivity (Wildman–Crippen MR) is 139 cm³/mol. The lowest BCUT2D eigenvalue weighted by atomic mass is 9.47. The quantitative estimate of drug-likeness (QED) is 0.274. The molecule has 8 atom stereocenters. The van der Waals surface area contributed by atoms with E-state index in [0.717, 1.165) is 68.6 Å². The predicted octanol–water partition coefficient (Wildman–Crippen LogP) is 7.85. The maximum Gasteiger partial charge on any atom is 0.306 e. The first-order valence-electron chi connectivity index (χ1n) is 14.8. The summed E-state index contributed by atoms with van der Waals surface area (Å²) in [6.07, 6.45) is 17.9. The molecule has 3 fully saturated rings. The number of carbonyl (C=O) groups excluding carboxylic acids is 1. The minimum Gasteiger partial charge on any atom is -0.462 e. The number of carbonyl (C=O) groups is 1. The zero-order chi connectivity index (χ0) is 24.5. The normalized spacial score (nSPS) is 40.2. The summed E-state index contributed by atoms with van der Waals surface area (Å²) in [5.74, 6) is 3.79. The number of ether oxygens (including phenoxy) is 1. The van der Waals surface area contributed by atoms with Crippen LogP contribution in [0.2, 0.25) is 0 Å². The van der Waals surface area contributed by atoms with Crippen molar-refractivity contribution in [2.45, 2.75) is 137 Å². The summed E-state index contributed by atoms with van der Waals surface area (Å²) >= 11 is 0. The molecule has 0 heterocycles. The number of fused-ring (bicyclic) bond motifs is 5. The Balaban J connectivity index is 1.37. The molecular weight excluding hydrogens is 420 g/mol. The Morgan fingerprint density at radius 3 is 2.50 bits per heavy atom. The fourth-order valence-corrected chi connectivity index (χ4v) is 9.31. The Labute approximate surface area is 209 Å². The van der Waals surface area contributed by atoms with Gasteiger partial charge in [-0.15, -0.1) is 0 Å². The van der Waals surface area contributed by atoms with Gasteiger partial charge in [0.25, 0.3) is 0 Å². The monoisotopic (exact) mass is 472 g/mol. The lowest BCUT2D eigenvalue weighted by Crippen LogP contribution is -2.50. The summed E-state index contributed by atoms with van der Waals surface area (Å²) in [4.78, 5) is 12.6. The van der Waals surface area contributed by atoms with Crippen LogP contribution in [0.4, 0.5) is 0 Å². The SMILES string of the molecule is CCCC(CCC)OC(=O)CCC(C)[C@H]1CC[C@H]2[C@@H]3CC=C4C[C@@H](O)CC[C@]4(C)[C@H]3CC[C@]12C. The molecule has 0 aromatic carbocycles. The average Bonchev–Trinajstić information content (AvgIpc) is 3.15. The highest BCUT2D eigenvalue weighted by Crippen LogP contribution is 2.67. The number of aliphatic hydroxyl groups excluding tert-OH is 1. The number of allylic oxidation sites excluding steroid dienone is 1. The van der Waals surface area contributed by atoms with Gasteiger partial charge in [0.2, 0.25) is 0 Å². The number of hydrogen-bond donors (Lipinski definition) is 1. The molecule has 4 rings (SSSR count). The zero-order valence-electron chi connectivity index (χ0n) is 22.8. The summed E-state index contributed by atoms with van der Waals surface area (Å²) in [7, 11) is 0. The highest BCUT2D eigenvalue weighted by Gasteiger charge is 2.59. The Morgan fingerprint density at radius 2 is 1.79 bits per heavy atom. The van der Waals surface area contributed by atoms with Gasteiger partial charge in [0.15, 0.2) is 0 Å². The molecular formula is C31H52O3. The third kappa shape index (κ3) is 4.89. The van der Waals surface area contributed by atoms with Gasteiger partial charge < -0.3 is 9.84 Å². The molecule has 4 aliphatic carbocycles. The van der Waals surface area contributed by atoms with Gasteiger partial charge in [0, 0.05) is 6.42 Å². The van der Waals surface area contributed by atoms with E-state index in [2.05, 4.69) is 40.7 Å². The smallest absolute Gasteiger partial charge is 0.306 e. The van der Waals surface area contributed by atoms with Crippen LogP contribution in [0.3, 0.4) is 0 Å². The Kier molecular flexibility index (Phi) is 8.22. The highest BCUT2D eigenvalue weighted by atomic mass is 16.5. The summed E-state index contributed by atoms with van der Waals surface area (Å²) in [5, 5.41) is 10.3. The van der Waals surface area contributed by atoms with Crippen molar-refractivity contribution < 1.29 is 14.6 Å². The molecule has 0 spiro atoms. The van der Waals surface area contributed by atoms with E-state index in [1.807, 2.05) is 0 Å². The van der Waals surface area contributed by atoms with Crippen LogP contribution in [-0.4, -0.2) is 23.3 Å². The third-order valence-electron chi connectivity index (χ3n) is 11.2. The van der Waals surface area contributed by atoms with Crippen molar-refractivity contribution in [1.82, 2.24) is 0 Å². The summed E-state index contributed by atoms with van der Waals surface area (Å²) < 4.78 is 5.85. The molecule has 194 valence electrons. The Morgan fingerprint density at radius 1 is 1.06 bits per heavy atom. The van der Waals surface area contributed by atoms with Crippen LogP contribution < -0.4 is 0 Å². The number of hydrogen-bond acceptors (Lipinski definition) is 3. The largest absolute Gasteiger partial charge is 0.462 e. The number of esters is 1. The van der Waals surface area contributed by atoms with E-state index in [1.165, 1.54) is 38.5 Å². The van der Waals surface area contributed by atoms with Crippen LogP contribution in [0, 0.1) is 40.4 Å². The molecule has 3 nitrogen and oxygen atoms in total. The van der Waals surface area contributed by atoms with Crippen LogP contribution in [0.5, 0.6) is 0 Å². The summed E-state index contributed by atoms with van der Waals surface area (Å²) in [6.45, 7) is 11.9. The molecule has 34 heavy (non-hydrogen) atoms. The van der Waals surface area contributed by atoms with Gasteiger partial charge in [-0.2, -0.15) is 0 Å². The van der Waals surface area contributed by atoms with E-state index < -0.39 is 0 Å². The molecule has 0 radical (unpaired) electrons. The van der Waals surface area contributed by atoms with Crippen molar-refractivity contribution in [3.05, 3.63) is 11.6 Å². The van der Waals surface area contributed by atoms with Crippen LogP contribution in [0.25, 0.3) is 0 Å². The molecule has 0 amide bonds. The van der Waals surface area contributed by atoms with Crippen molar-refractivity contribution in [1.29, 1.82) is 0 Å². The second kappa shape index (κ2) is 10.7. The van der Waals surface area contributed by atoms with Crippen molar-refractivity contribution in [3.63, 3.8) is 0 Å². The van der Waals surface area contributed by atoms with Gasteiger partial charge in [0.05, 0.1) is 6.10 Å². The number of rotatable bonds is 9. The first-order valence-corrected chi connectivity index (χ1v) is 14.8. The fraction of sp³-hybridized carbons (Fsp3) is 0.903. The molecule has 3 heteroatoms. The first kappa shape index (κ1) is 26.2. The van der Waals surface area contributed by atoms with Crippen LogP contribution in [-0.2, 0) is 9.53 Å². The van der Waals surface area contributed by atoms with Crippen molar-refractivity contribution in [3.8, 4) is 0 Å². The molecule has 4 aliphatic rings. The van der Waals surface area contributed by atoms with E-state index in [4.69, 9.17) is 4.74 Å². The lowest BCUT2D eigenvalue weighted by molar-refractivity contribution is -0.150. The van der Waals surface area contributed by atoms with Gasteiger partial charge in [-0.1, -0.05) is 59.1 Å². The molecule has 0 aromatic rings. The van der Waals surface area contributed by atoms with Gasteiger partial charge >= 0.3 is 5.97 Å². The van der Waals surface area contributed by atoms with Crippen LogP contribution in [0.1, 0.15) is 125 Å². The van der Waals surface area contributed by atoms with Gasteiger partial charge in [-0.05, 0) is 111 Å². The molecule has 0 aliphatic heterocycles. The van der Waals surface area contributed by atoms with Crippen LogP contribution >= 0.6 is 0 Å². The minimum atomic E-state index is -0.118. The van der Waals surface area contributed by atoms with E-state index in [0.29, 0.717) is 23.2 Å². The van der Waals surface area contributed by atoms with E-state index in [1.54, 1.807) is 5.57 Å². The molecule has 3 saturated carbocycles. The van der Waals surface area contributed by atoms with Crippen molar-refractivity contribution in [2.24, 2.45) is 40.4 Å². The second-order valence-corrected chi connectivity index (χ2v) is 13.1. The lowest BCUT2D eigenvalue weighted by Gasteiger charge is -2.58. The Hall–Kier alpha value is -0.830. The van der Waals surface area contributed by atoms with E-state index in [-0.39, 0.29) is 18.2 Å². The van der Waals surface area contributed by atoms with Crippen molar-refractivity contribution >= 4 is 5.97 Å². The van der Waals surface area contributed by atoms with E-state index >= 15 is 0 Å². The molecule has 0 aromatic heterocycles. The standard InChI is InChI=1S/C31H52O3/c1-6-8-24(9-7-2)34-29(33)15-10-21(3)26-13-14-27-25-12-11-22-20-23(32)16-18-30(22,4)28(25)17-19-31(26,27)5/h11,21,23-28,32H,6-10,12-20H2,1-5H3/t21?,23-,25-,26+,27-,28-,30-,31+/m0/s1.